The molecule has 3 nitrogen and oxygen atoms in total. The quantitative estimate of drug-likeness (QED) is 0.913. The molecule has 0 amide bonds. The molecule has 0 saturated heterocycles. The van der Waals surface area contributed by atoms with Crippen molar-refractivity contribution >= 4 is 0 Å². The van der Waals surface area contributed by atoms with E-state index in [0.29, 0.717) is 0 Å². The molecule has 1 N–H and O–H groups in total. The van der Waals surface area contributed by atoms with Gasteiger partial charge in [-0.3, -0.25) is 0 Å². The van der Waals surface area contributed by atoms with Gasteiger partial charge < -0.3 is 9.63 Å². The molecule has 3 heteroatoms. The highest BCUT2D eigenvalue weighted by Gasteiger charge is 2.55. The average Bonchev–Trinajstić information content (AvgIpc) is 3.08. The summed E-state index contributed by atoms with van der Waals surface area (Å²) >= 11 is 0. The Hall–Kier alpha value is -1.61. The summed E-state index contributed by atoms with van der Waals surface area (Å²) in [5.74, 6) is 1.07. The van der Waals surface area contributed by atoms with E-state index < -0.39 is 0 Å². The van der Waals surface area contributed by atoms with Gasteiger partial charge in [0.15, 0.2) is 5.76 Å². The predicted octanol–water partition coefficient (Wildman–Crippen LogP) is 3.39. The maximum atomic E-state index is 10.5. The molecule has 1 heterocycles. The standard InChI is InChI=1S/C16H19NO2/c1-11(2)14(18)16(8-9-16)15-13(10-17-19-15)12-6-4-3-5-7-12/h3-7,10-11,14,18H,8-9H2,1-2H3. The van der Waals surface area contributed by atoms with E-state index in [4.69, 9.17) is 4.52 Å². The van der Waals surface area contributed by atoms with Crippen LogP contribution in [-0.4, -0.2) is 16.4 Å². The van der Waals surface area contributed by atoms with Gasteiger partial charge in [-0.15, -0.1) is 0 Å². The van der Waals surface area contributed by atoms with Crippen molar-refractivity contribution in [3.8, 4) is 11.1 Å². The summed E-state index contributed by atoms with van der Waals surface area (Å²) in [6, 6.07) is 10.1. The second-order valence-electron chi connectivity index (χ2n) is 5.78. The zero-order valence-corrected chi connectivity index (χ0v) is 11.3. The van der Waals surface area contributed by atoms with E-state index in [9.17, 15) is 5.11 Å². The summed E-state index contributed by atoms with van der Waals surface area (Å²) in [5, 5.41) is 14.4. The summed E-state index contributed by atoms with van der Waals surface area (Å²) < 4.78 is 5.51. The van der Waals surface area contributed by atoms with Crippen molar-refractivity contribution in [2.45, 2.75) is 38.2 Å². The molecule has 0 spiro atoms. The average molecular weight is 257 g/mol. The number of aliphatic hydroxyl groups is 1. The molecule has 1 aromatic heterocycles. The van der Waals surface area contributed by atoms with E-state index in [1.54, 1.807) is 6.20 Å². The third kappa shape index (κ3) is 1.98. The van der Waals surface area contributed by atoms with Gasteiger partial charge in [0.2, 0.25) is 0 Å². The smallest absolute Gasteiger partial charge is 0.153 e. The molecule has 1 aliphatic rings. The van der Waals surface area contributed by atoms with E-state index in [1.807, 2.05) is 44.2 Å². The summed E-state index contributed by atoms with van der Waals surface area (Å²) in [6.45, 7) is 4.09. The summed E-state index contributed by atoms with van der Waals surface area (Å²) in [5.41, 5.74) is 1.88. The summed E-state index contributed by atoms with van der Waals surface area (Å²) in [4.78, 5) is 0. The molecule has 1 atom stereocenters. The van der Waals surface area contributed by atoms with Gasteiger partial charge in [0.05, 0.1) is 17.7 Å². The van der Waals surface area contributed by atoms with Gasteiger partial charge in [-0.2, -0.15) is 0 Å². The number of nitrogens with zero attached hydrogens (tertiary/aromatic N) is 1. The Balaban J connectivity index is 2.02. The number of hydrogen-bond donors (Lipinski definition) is 1. The molecule has 2 aromatic rings. The van der Waals surface area contributed by atoms with Crippen LogP contribution in [0.2, 0.25) is 0 Å². The highest BCUT2D eigenvalue weighted by Crippen LogP contribution is 2.55. The van der Waals surface area contributed by atoms with Gasteiger partial charge in [0.25, 0.3) is 0 Å². The Bertz CT molecular complexity index is 555. The molecular weight excluding hydrogens is 238 g/mol. The molecule has 1 saturated carbocycles. The lowest BCUT2D eigenvalue weighted by Gasteiger charge is -2.24. The van der Waals surface area contributed by atoms with Crippen LogP contribution in [-0.2, 0) is 5.41 Å². The van der Waals surface area contributed by atoms with Crippen molar-refractivity contribution in [2.75, 3.05) is 0 Å². The Morgan fingerprint density at radius 1 is 1.21 bits per heavy atom. The topological polar surface area (TPSA) is 46.3 Å². The number of aromatic nitrogens is 1. The van der Waals surface area contributed by atoms with Gasteiger partial charge >= 0.3 is 0 Å². The van der Waals surface area contributed by atoms with E-state index in [2.05, 4.69) is 5.16 Å². The minimum Gasteiger partial charge on any atom is -0.392 e. The summed E-state index contributed by atoms with van der Waals surface area (Å²) in [7, 11) is 0. The Labute approximate surface area is 113 Å². The van der Waals surface area contributed by atoms with Crippen LogP contribution in [0.3, 0.4) is 0 Å². The van der Waals surface area contributed by atoms with Crippen LogP contribution in [0.4, 0.5) is 0 Å². The van der Waals surface area contributed by atoms with E-state index in [-0.39, 0.29) is 17.4 Å². The molecule has 3 rings (SSSR count). The molecule has 1 aliphatic carbocycles. The monoisotopic (exact) mass is 257 g/mol. The van der Waals surface area contributed by atoms with Gasteiger partial charge in [-0.25, -0.2) is 0 Å². The third-order valence-electron chi connectivity index (χ3n) is 4.09. The zero-order valence-electron chi connectivity index (χ0n) is 11.3. The van der Waals surface area contributed by atoms with Crippen LogP contribution in [0.15, 0.2) is 41.1 Å². The minimum absolute atomic E-state index is 0.219. The molecule has 1 fully saturated rings. The summed E-state index contributed by atoms with van der Waals surface area (Å²) in [6.07, 6.45) is 3.34. The largest absolute Gasteiger partial charge is 0.392 e. The molecule has 0 radical (unpaired) electrons. The van der Waals surface area contributed by atoms with Crippen molar-refractivity contribution in [2.24, 2.45) is 5.92 Å². The number of benzene rings is 1. The van der Waals surface area contributed by atoms with E-state index >= 15 is 0 Å². The number of rotatable bonds is 4. The SMILES string of the molecule is CC(C)C(O)C1(c2oncc2-c2ccccc2)CC1. The maximum absolute atomic E-state index is 10.5. The van der Waals surface area contributed by atoms with Crippen molar-refractivity contribution in [1.29, 1.82) is 0 Å². The minimum atomic E-state index is -0.372. The second-order valence-corrected chi connectivity index (χ2v) is 5.78. The van der Waals surface area contributed by atoms with Crippen LogP contribution in [0.1, 0.15) is 32.4 Å². The van der Waals surface area contributed by atoms with Crippen molar-refractivity contribution in [1.82, 2.24) is 5.16 Å². The molecule has 0 bridgehead atoms. The highest BCUT2D eigenvalue weighted by molar-refractivity contribution is 5.66. The van der Waals surface area contributed by atoms with E-state index in [0.717, 1.165) is 29.7 Å². The Kier molecular flexibility index (Phi) is 2.94. The first-order valence-electron chi connectivity index (χ1n) is 6.84. The molecule has 1 aromatic carbocycles. The predicted molar refractivity (Wildman–Crippen MR) is 73.7 cm³/mol. The van der Waals surface area contributed by atoms with Crippen molar-refractivity contribution in [3.05, 3.63) is 42.3 Å². The lowest BCUT2D eigenvalue weighted by molar-refractivity contribution is 0.0739. The third-order valence-corrected chi connectivity index (χ3v) is 4.09. The molecule has 19 heavy (non-hydrogen) atoms. The maximum Gasteiger partial charge on any atom is 0.153 e. The lowest BCUT2D eigenvalue weighted by atomic mass is 9.85. The molecular formula is C16H19NO2. The number of aliphatic hydroxyl groups excluding tert-OH is 1. The van der Waals surface area contributed by atoms with Crippen LogP contribution in [0, 0.1) is 5.92 Å². The van der Waals surface area contributed by atoms with Crippen LogP contribution in [0.25, 0.3) is 11.1 Å². The van der Waals surface area contributed by atoms with Crippen molar-refractivity contribution < 1.29 is 9.63 Å². The lowest BCUT2D eigenvalue weighted by Crippen LogP contribution is -2.31. The molecule has 100 valence electrons. The first-order chi connectivity index (χ1) is 9.15. The zero-order chi connectivity index (χ0) is 13.5. The van der Waals surface area contributed by atoms with E-state index in [1.165, 1.54) is 0 Å². The number of hydrogen-bond acceptors (Lipinski definition) is 3. The van der Waals surface area contributed by atoms with Crippen LogP contribution >= 0.6 is 0 Å². The van der Waals surface area contributed by atoms with Gasteiger partial charge in [0.1, 0.15) is 0 Å². The van der Waals surface area contributed by atoms with Crippen molar-refractivity contribution in [3.63, 3.8) is 0 Å². The van der Waals surface area contributed by atoms with Gasteiger partial charge in [-0.1, -0.05) is 49.3 Å². The van der Waals surface area contributed by atoms with Crippen LogP contribution in [0.5, 0.6) is 0 Å². The van der Waals surface area contributed by atoms with Crippen LogP contribution < -0.4 is 0 Å². The first-order valence-corrected chi connectivity index (χ1v) is 6.84. The van der Waals surface area contributed by atoms with Gasteiger partial charge in [0, 0.05) is 5.56 Å². The fourth-order valence-corrected chi connectivity index (χ4v) is 2.85. The second kappa shape index (κ2) is 4.49. The molecule has 1 unspecified atom stereocenters. The highest BCUT2D eigenvalue weighted by atomic mass is 16.5. The fraction of sp³-hybridized carbons (Fsp3) is 0.438. The molecule has 0 aliphatic heterocycles. The normalized spacial score (nSPS) is 18.5. The van der Waals surface area contributed by atoms with Gasteiger partial charge in [-0.05, 0) is 24.3 Å². The fourth-order valence-electron chi connectivity index (χ4n) is 2.85. The first kappa shape index (κ1) is 12.4. The Morgan fingerprint density at radius 3 is 2.47 bits per heavy atom. The Morgan fingerprint density at radius 2 is 1.89 bits per heavy atom.